The van der Waals surface area contributed by atoms with Gasteiger partial charge in [0.15, 0.2) is 5.78 Å². The highest BCUT2D eigenvalue weighted by atomic mass is 16.1. The first-order valence-corrected chi connectivity index (χ1v) is 6.31. The maximum Gasteiger partial charge on any atom is 0.167 e. The molecule has 3 rings (SSSR count). The van der Waals surface area contributed by atoms with E-state index in [1.54, 1.807) is 0 Å². The highest BCUT2D eigenvalue weighted by molar-refractivity contribution is 6.03. The third-order valence-electron chi connectivity index (χ3n) is 3.57. The summed E-state index contributed by atoms with van der Waals surface area (Å²) >= 11 is 0. The lowest BCUT2D eigenvalue weighted by molar-refractivity contribution is 0.0953. The number of benzene rings is 1. The Balaban J connectivity index is 2.19. The predicted molar refractivity (Wildman–Crippen MR) is 70.5 cm³/mol. The average molecular weight is 240 g/mol. The first kappa shape index (κ1) is 11.2. The summed E-state index contributed by atoms with van der Waals surface area (Å²) < 4.78 is 1.87. The Kier molecular flexibility index (Phi) is 2.54. The van der Waals surface area contributed by atoms with E-state index in [1.165, 1.54) is 0 Å². The molecule has 1 unspecified atom stereocenters. The Morgan fingerprint density at radius 1 is 1.22 bits per heavy atom. The molecule has 0 saturated heterocycles. The van der Waals surface area contributed by atoms with Gasteiger partial charge in [0.25, 0.3) is 0 Å². The Morgan fingerprint density at radius 2 is 1.94 bits per heavy atom. The largest absolute Gasteiger partial charge is 0.294 e. The summed E-state index contributed by atoms with van der Waals surface area (Å²) in [5.74, 6) is 0.653. The number of hydrogen-bond donors (Lipinski definition) is 0. The number of carbonyl (C=O) groups is 1. The van der Waals surface area contributed by atoms with Gasteiger partial charge in [-0.3, -0.25) is 9.48 Å². The van der Waals surface area contributed by atoms with Crippen molar-refractivity contribution in [2.45, 2.75) is 19.8 Å². The number of ketones is 1. The summed E-state index contributed by atoms with van der Waals surface area (Å²) in [6.07, 6.45) is 1.58. The number of fused-ring (bicyclic) bond motifs is 1. The molecule has 1 atom stereocenters. The van der Waals surface area contributed by atoms with Crippen molar-refractivity contribution < 1.29 is 4.79 Å². The lowest BCUT2D eigenvalue weighted by Gasteiger charge is -2.18. The van der Waals surface area contributed by atoms with Crippen molar-refractivity contribution in [2.24, 2.45) is 13.0 Å². The summed E-state index contributed by atoms with van der Waals surface area (Å²) in [5.41, 5.74) is 3.78. The van der Waals surface area contributed by atoms with Gasteiger partial charge in [0.2, 0.25) is 0 Å². The van der Waals surface area contributed by atoms with E-state index in [4.69, 9.17) is 0 Å². The van der Waals surface area contributed by atoms with Gasteiger partial charge in [-0.1, -0.05) is 37.3 Å². The van der Waals surface area contributed by atoms with Crippen LogP contribution in [0.1, 0.15) is 29.4 Å². The highest BCUT2D eigenvalue weighted by Gasteiger charge is 2.29. The molecule has 2 aromatic rings. The monoisotopic (exact) mass is 240 g/mol. The van der Waals surface area contributed by atoms with Crippen LogP contribution in [0.15, 0.2) is 30.3 Å². The molecule has 92 valence electrons. The smallest absolute Gasteiger partial charge is 0.167 e. The van der Waals surface area contributed by atoms with Crippen molar-refractivity contribution in [1.82, 2.24) is 9.78 Å². The van der Waals surface area contributed by atoms with Gasteiger partial charge in [0.05, 0.1) is 5.56 Å². The zero-order chi connectivity index (χ0) is 12.7. The van der Waals surface area contributed by atoms with Crippen LogP contribution in [0.2, 0.25) is 0 Å². The molecule has 18 heavy (non-hydrogen) atoms. The van der Waals surface area contributed by atoms with Crippen LogP contribution < -0.4 is 0 Å². The minimum Gasteiger partial charge on any atom is -0.294 e. The van der Waals surface area contributed by atoms with E-state index in [1.807, 2.05) is 42.1 Å². The Labute approximate surface area is 106 Å². The van der Waals surface area contributed by atoms with E-state index < -0.39 is 0 Å². The molecule has 0 amide bonds. The number of rotatable bonds is 1. The number of aromatic nitrogens is 2. The van der Waals surface area contributed by atoms with Crippen LogP contribution in [0.3, 0.4) is 0 Å². The zero-order valence-electron chi connectivity index (χ0n) is 10.7. The predicted octanol–water partition coefficient (Wildman–Crippen LogP) is 2.85. The second-order valence-electron chi connectivity index (χ2n) is 5.10. The average Bonchev–Trinajstić information content (AvgIpc) is 2.68. The minimum absolute atomic E-state index is 0.232. The van der Waals surface area contributed by atoms with E-state index in [0.717, 1.165) is 28.9 Å². The molecule has 1 heterocycles. The first-order chi connectivity index (χ1) is 8.66. The maximum absolute atomic E-state index is 12.3. The van der Waals surface area contributed by atoms with Gasteiger partial charge < -0.3 is 0 Å². The summed E-state index contributed by atoms with van der Waals surface area (Å²) in [7, 11) is 1.93. The van der Waals surface area contributed by atoms with E-state index in [0.29, 0.717) is 12.3 Å². The van der Waals surface area contributed by atoms with Crippen molar-refractivity contribution in [3.8, 4) is 11.3 Å². The van der Waals surface area contributed by atoms with Crippen LogP contribution in [0.5, 0.6) is 0 Å². The van der Waals surface area contributed by atoms with Gasteiger partial charge in [-0.25, -0.2) is 0 Å². The fourth-order valence-electron chi connectivity index (χ4n) is 2.70. The quantitative estimate of drug-likeness (QED) is 0.768. The summed E-state index contributed by atoms with van der Waals surface area (Å²) in [5, 5.41) is 4.54. The topological polar surface area (TPSA) is 34.9 Å². The number of Topliss-reactive ketones (excluding diaryl/α,β-unsaturated/α-hetero) is 1. The van der Waals surface area contributed by atoms with E-state index in [2.05, 4.69) is 12.0 Å². The lowest BCUT2D eigenvalue weighted by atomic mass is 9.86. The Hall–Kier alpha value is -1.90. The lowest BCUT2D eigenvalue weighted by Crippen LogP contribution is -2.19. The molecule has 0 spiro atoms. The van der Waals surface area contributed by atoms with Gasteiger partial charge in [-0.05, 0) is 12.3 Å². The number of nitrogens with zero attached hydrogens (tertiary/aromatic N) is 2. The van der Waals surface area contributed by atoms with Gasteiger partial charge in [-0.2, -0.15) is 5.10 Å². The summed E-state index contributed by atoms with van der Waals surface area (Å²) in [6, 6.07) is 9.95. The van der Waals surface area contributed by atoms with Crippen molar-refractivity contribution in [3.05, 3.63) is 41.6 Å². The molecule has 0 saturated carbocycles. The zero-order valence-corrected chi connectivity index (χ0v) is 10.7. The van der Waals surface area contributed by atoms with E-state index >= 15 is 0 Å². The van der Waals surface area contributed by atoms with Crippen molar-refractivity contribution in [1.29, 1.82) is 0 Å². The third kappa shape index (κ3) is 1.67. The number of aryl methyl sites for hydroxylation is 1. The molecular weight excluding hydrogens is 224 g/mol. The van der Waals surface area contributed by atoms with Crippen molar-refractivity contribution in [2.75, 3.05) is 0 Å². The number of carbonyl (C=O) groups excluding carboxylic acids is 1. The molecule has 0 radical (unpaired) electrons. The third-order valence-corrected chi connectivity index (χ3v) is 3.57. The van der Waals surface area contributed by atoms with Gasteiger partial charge >= 0.3 is 0 Å². The molecule has 1 aliphatic carbocycles. The fraction of sp³-hybridized carbons (Fsp3) is 0.333. The molecule has 0 N–H and O–H groups in total. The van der Waals surface area contributed by atoms with Gasteiger partial charge in [-0.15, -0.1) is 0 Å². The molecule has 0 bridgehead atoms. The van der Waals surface area contributed by atoms with E-state index in [9.17, 15) is 4.79 Å². The fourth-order valence-corrected chi connectivity index (χ4v) is 2.70. The Bertz CT molecular complexity index is 598. The van der Waals surface area contributed by atoms with Gasteiger partial charge in [0, 0.05) is 24.7 Å². The first-order valence-electron chi connectivity index (χ1n) is 6.31. The standard InChI is InChI=1S/C15H16N2O/c1-10-8-12-14(13(18)9-10)15(16-17(12)2)11-6-4-3-5-7-11/h3-7,10H,8-9H2,1-2H3. The normalized spacial score (nSPS) is 18.8. The maximum atomic E-state index is 12.3. The van der Waals surface area contributed by atoms with Crippen LogP contribution in [0.25, 0.3) is 11.3 Å². The summed E-state index contributed by atoms with van der Waals surface area (Å²) in [4.78, 5) is 12.3. The molecule has 3 nitrogen and oxygen atoms in total. The van der Waals surface area contributed by atoms with Crippen molar-refractivity contribution in [3.63, 3.8) is 0 Å². The molecule has 0 aliphatic heterocycles. The molecule has 1 aromatic heterocycles. The summed E-state index contributed by atoms with van der Waals surface area (Å²) in [6.45, 7) is 2.12. The number of hydrogen-bond acceptors (Lipinski definition) is 2. The van der Waals surface area contributed by atoms with Crippen molar-refractivity contribution >= 4 is 5.78 Å². The SMILES string of the molecule is CC1CC(=O)c2c(-c3ccccc3)nn(C)c2C1. The van der Waals surface area contributed by atoms with E-state index in [-0.39, 0.29) is 5.78 Å². The van der Waals surface area contributed by atoms with Crippen LogP contribution >= 0.6 is 0 Å². The van der Waals surface area contributed by atoms with Crippen LogP contribution in [0, 0.1) is 5.92 Å². The van der Waals surface area contributed by atoms with Crippen LogP contribution in [0.4, 0.5) is 0 Å². The molecule has 0 fully saturated rings. The second-order valence-corrected chi connectivity index (χ2v) is 5.10. The highest BCUT2D eigenvalue weighted by Crippen LogP contribution is 2.32. The molecular formula is C15H16N2O. The Morgan fingerprint density at radius 3 is 2.67 bits per heavy atom. The molecule has 1 aliphatic rings. The molecule has 1 aromatic carbocycles. The minimum atomic E-state index is 0.232. The second kappa shape index (κ2) is 4.09. The molecule has 3 heteroatoms. The van der Waals surface area contributed by atoms with Gasteiger partial charge in [0.1, 0.15) is 5.69 Å². The van der Waals surface area contributed by atoms with Crippen LogP contribution in [-0.4, -0.2) is 15.6 Å². The van der Waals surface area contributed by atoms with Crippen LogP contribution in [-0.2, 0) is 13.5 Å².